The van der Waals surface area contributed by atoms with Crippen LogP contribution in [0.5, 0.6) is 5.75 Å². The van der Waals surface area contributed by atoms with Crippen molar-refractivity contribution in [3.8, 4) is 11.4 Å². The summed E-state index contributed by atoms with van der Waals surface area (Å²) in [6.45, 7) is 6.46. The van der Waals surface area contributed by atoms with Gasteiger partial charge in [0.25, 0.3) is 0 Å². The number of carbonyl (C=O) groups excluding carboxylic acids is 1. The van der Waals surface area contributed by atoms with E-state index >= 15 is 0 Å². The van der Waals surface area contributed by atoms with E-state index in [2.05, 4.69) is 22.4 Å². The summed E-state index contributed by atoms with van der Waals surface area (Å²) in [5, 5.41) is 12.3. The summed E-state index contributed by atoms with van der Waals surface area (Å²) >= 11 is 1.35. The lowest BCUT2D eigenvalue weighted by atomic mass is 10.1. The lowest BCUT2D eigenvalue weighted by Gasteiger charge is -2.12. The van der Waals surface area contributed by atoms with Gasteiger partial charge in [-0.05, 0) is 62.2 Å². The zero-order valence-corrected chi connectivity index (χ0v) is 20.4. The molecule has 1 amide bonds. The van der Waals surface area contributed by atoms with Gasteiger partial charge in [-0.3, -0.25) is 9.36 Å². The van der Waals surface area contributed by atoms with E-state index in [1.807, 2.05) is 91.2 Å². The summed E-state index contributed by atoms with van der Waals surface area (Å²) in [4.78, 5) is 12.6. The van der Waals surface area contributed by atoms with Gasteiger partial charge < -0.3 is 10.1 Å². The van der Waals surface area contributed by atoms with Crippen LogP contribution in [0.2, 0.25) is 0 Å². The van der Waals surface area contributed by atoms with Crippen molar-refractivity contribution in [2.24, 2.45) is 0 Å². The Labute approximate surface area is 204 Å². The monoisotopic (exact) mass is 472 g/mol. The first-order chi connectivity index (χ1) is 16.5. The van der Waals surface area contributed by atoms with E-state index in [-0.39, 0.29) is 18.3 Å². The molecule has 0 radical (unpaired) electrons. The molecule has 4 rings (SSSR count). The molecular weight excluding hydrogens is 444 g/mol. The number of benzene rings is 3. The standard InChI is InChI=1S/C27H28N4O2S/c1-4-21-9-11-22(12-10-21)28-26(32)18-34-27-30-29-25(17-33-24-15-7-20(3)8-16-24)31(27)23-13-5-19(2)6-14-23/h5-16H,4,17-18H2,1-3H3,(H,28,32). The van der Waals surface area contributed by atoms with Crippen LogP contribution in [0.25, 0.3) is 5.69 Å². The second-order valence-corrected chi connectivity index (χ2v) is 9.00. The Morgan fingerprint density at radius 1 is 0.912 bits per heavy atom. The first-order valence-electron chi connectivity index (χ1n) is 11.2. The van der Waals surface area contributed by atoms with Gasteiger partial charge in [-0.2, -0.15) is 0 Å². The molecule has 3 aromatic carbocycles. The van der Waals surface area contributed by atoms with Crippen LogP contribution in [0.4, 0.5) is 5.69 Å². The van der Waals surface area contributed by atoms with E-state index < -0.39 is 0 Å². The van der Waals surface area contributed by atoms with E-state index in [0.29, 0.717) is 11.0 Å². The molecule has 1 heterocycles. The summed E-state index contributed by atoms with van der Waals surface area (Å²) in [5.74, 6) is 1.57. The number of hydrogen-bond donors (Lipinski definition) is 1. The number of aryl methyl sites for hydroxylation is 3. The van der Waals surface area contributed by atoms with E-state index in [4.69, 9.17) is 4.74 Å². The normalized spacial score (nSPS) is 10.8. The van der Waals surface area contributed by atoms with E-state index in [9.17, 15) is 4.79 Å². The van der Waals surface area contributed by atoms with Gasteiger partial charge in [0, 0.05) is 11.4 Å². The van der Waals surface area contributed by atoms with Gasteiger partial charge in [-0.15, -0.1) is 10.2 Å². The van der Waals surface area contributed by atoms with Gasteiger partial charge in [0.2, 0.25) is 5.91 Å². The third-order valence-electron chi connectivity index (χ3n) is 5.36. The highest BCUT2D eigenvalue weighted by Crippen LogP contribution is 2.24. The van der Waals surface area contributed by atoms with Crippen molar-refractivity contribution in [3.05, 3.63) is 95.3 Å². The molecule has 0 atom stereocenters. The number of carbonyl (C=O) groups is 1. The van der Waals surface area contributed by atoms with Crippen LogP contribution < -0.4 is 10.1 Å². The van der Waals surface area contributed by atoms with Gasteiger partial charge in [0.15, 0.2) is 11.0 Å². The van der Waals surface area contributed by atoms with Crippen LogP contribution >= 0.6 is 11.8 Å². The molecule has 0 saturated carbocycles. The molecule has 7 heteroatoms. The van der Waals surface area contributed by atoms with E-state index in [1.54, 1.807) is 0 Å². The molecule has 0 unspecified atom stereocenters. The fourth-order valence-corrected chi connectivity index (χ4v) is 4.14. The number of nitrogens with one attached hydrogen (secondary N) is 1. The summed E-state index contributed by atoms with van der Waals surface area (Å²) < 4.78 is 7.90. The average Bonchev–Trinajstić information content (AvgIpc) is 3.26. The number of aromatic nitrogens is 3. The summed E-state index contributed by atoms with van der Waals surface area (Å²) in [6, 6.07) is 23.9. The number of anilines is 1. The number of hydrogen-bond acceptors (Lipinski definition) is 5. The first kappa shape index (κ1) is 23.6. The molecule has 174 valence electrons. The molecule has 0 aliphatic rings. The zero-order valence-electron chi connectivity index (χ0n) is 19.6. The Morgan fingerprint density at radius 2 is 1.56 bits per heavy atom. The Hall–Kier alpha value is -3.58. The predicted molar refractivity (Wildman–Crippen MR) is 137 cm³/mol. The van der Waals surface area contributed by atoms with Crippen molar-refractivity contribution in [1.82, 2.24) is 14.8 Å². The van der Waals surface area contributed by atoms with Crippen LogP contribution in [0.1, 0.15) is 29.4 Å². The quantitative estimate of drug-likeness (QED) is 0.314. The lowest BCUT2D eigenvalue weighted by molar-refractivity contribution is -0.113. The third kappa shape index (κ3) is 6.05. The molecule has 0 fully saturated rings. The number of nitrogens with zero attached hydrogens (tertiary/aromatic N) is 3. The molecule has 0 aliphatic heterocycles. The maximum Gasteiger partial charge on any atom is 0.234 e. The fraction of sp³-hybridized carbons (Fsp3) is 0.222. The van der Waals surface area contributed by atoms with Crippen molar-refractivity contribution >= 4 is 23.4 Å². The smallest absolute Gasteiger partial charge is 0.234 e. The summed E-state index contributed by atoms with van der Waals surface area (Å²) in [5.41, 5.74) is 5.29. The van der Waals surface area contributed by atoms with Crippen molar-refractivity contribution in [1.29, 1.82) is 0 Å². The number of thioether (sulfide) groups is 1. The second-order valence-electron chi connectivity index (χ2n) is 8.06. The van der Waals surface area contributed by atoms with Crippen molar-refractivity contribution < 1.29 is 9.53 Å². The topological polar surface area (TPSA) is 69.0 Å². The molecule has 0 spiro atoms. The molecule has 1 aromatic heterocycles. The van der Waals surface area contributed by atoms with E-state index in [0.717, 1.165) is 29.1 Å². The summed E-state index contributed by atoms with van der Waals surface area (Å²) in [6.07, 6.45) is 0.967. The zero-order chi connectivity index (χ0) is 23.9. The minimum Gasteiger partial charge on any atom is -0.486 e. The van der Waals surface area contributed by atoms with Crippen LogP contribution in [0.15, 0.2) is 78.0 Å². The van der Waals surface area contributed by atoms with Crippen LogP contribution in [-0.2, 0) is 17.8 Å². The van der Waals surface area contributed by atoms with Gasteiger partial charge in [-0.1, -0.05) is 66.2 Å². The molecule has 6 nitrogen and oxygen atoms in total. The highest BCUT2D eigenvalue weighted by Gasteiger charge is 2.17. The average molecular weight is 473 g/mol. The molecule has 0 saturated heterocycles. The molecular formula is C27H28N4O2S. The van der Waals surface area contributed by atoms with Crippen molar-refractivity contribution in [2.75, 3.05) is 11.1 Å². The summed E-state index contributed by atoms with van der Waals surface area (Å²) in [7, 11) is 0. The third-order valence-corrected chi connectivity index (χ3v) is 6.29. The minimum absolute atomic E-state index is 0.0924. The Bertz CT molecular complexity index is 1230. The minimum atomic E-state index is -0.0924. The first-order valence-corrected chi connectivity index (χ1v) is 12.2. The maximum atomic E-state index is 12.6. The van der Waals surface area contributed by atoms with Gasteiger partial charge >= 0.3 is 0 Å². The Kier molecular flexibility index (Phi) is 7.65. The highest BCUT2D eigenvalue weighted by atomic mass is 32.2. The van der Waals surface area contributed by atoms with Gasteiger partial charge in [0.05, 0.1) is 5.75 Å². The Morgan fingerprint density at radius 3 is 2.21 bits per heavy atom. The Balaban J connectivity index is 1.48. The molecule has 34 heavy (non-hydrogen) atoms. The SMILES string of the molecule is CCc1ccc(NC(=O)CSc2nnc(COc3ccc(C)cc3)n2-c2ccc(C)cc2)cc1. The highest BCUT2D eigenvalue weighted by molar-refractivity contribution is 7.99. The van der Waals surface area contributed by atoms with Crippen molar-refractivity contribution in [2.45, 2.75) is 39.0 Å². The molecule has 0 bridgehead atoms. The van der Waals surface area contributed by atoms with Crippen LogP contribution in [0, 0.1) is 13.8 Å². The van der Waals surface area contributed by atoms with Crippen molar-refractivity contribution in [3.63, 3.8) is 0 Å². The largest absolute Gasteiger partial charge is 0.486 e. The second kappa shape index (κ2) is 11.0. The number of rotatable bonds is 9. The number of ether oxygens (including phenoxy) is 1. The molecule has 4 aromatic rings. The number of amides is 1. The van der Waals surface area contributed by atoms with Gasteiger partial charge in [0.1, 0.15) is 12.4 Å². The fourth-order valence-electron chi connectivity index (χ4n) is 3.37. The molecule has 0 aliphatic carbocycles. The maximum absolute atomic E-state index is 12.6. The molecule has 1 N–H and O–H groups in total. The predicted octanol–water partition coefficient (Wildman–Crippen LogP) is 5.76. The van der Waals surface area contributed by atoms with E-state index in [1.165, 1.54) is 22.9 Å². The van der Waals surface area contributed by atoms with Crippen LogP contribution in [0.3, 0.4) is 0 Å². The van der Waals surface area contributed by atoms with Crippen LogP contribution in [-0.4, -0.2) is 26.4 Å². The lowest BCUT2D eigenvalue weighted by Crippen LogP contribution is -2.14. The van der Waals surface area contributed by atoms with Gasteiger partial charge in [-0.25, -0.2) is 0 Å².